The minimum absolute atomic E-state index is 0. The van der Waals surface area contributed by atoms with Crippen LogP contribution in [0.5, 0.6) is 0 Å². The van der Waals surface area contributed by atoms with E-state index in [1.165, 1.54) is 48.8 Å². The van der Waals surface area contributed by atoms with E-state index in [0.717, 1.165) is 0 Å². The Morgan fingerprint density at radius 1 is 0.929 bits per heavy atom. The molecule has 0 saturated heterocycles. The molecule has 0 heterocycles. The zero-order valence-corrected chi connectivity index (χ0v) is 22.5. The van der Waals surface area contributed by atoms with Gasteiger partial charge in [-0.15, -0.1) is 0 Å². The van der Waals surface area contributed by atoms with E-state index in [-0.39, 0.29) is 36.7 Å². The molecular formula is C27H36Hf. The van der Waals surface area contributed by atoms with E-state index in [4.69, 9.17) is 0 Å². The molecule has 1 aromatic carbocycles. The molecule has 1 aromatic rings. The Balaban J connectivity index is 0.00000225. The van der Waals surface area contributed by atoms with Gasteiger partial charge in [-0.1, -0.05) is 56.2 Å². The van der Waals surface area contributed by atoms with Gasteiger partial charge in [-0.05, 0) is 99.1 Å². The summed E-state index contributed by atoms with van der Waals surface area (Å²) in [5.41, 5.74) is 12.9. The van der Waals surface area contributed by atoms with Gasteiger partial charge in [-0.25, -0.2) is 0 Å². The van der Waals surface area contributed by atoms with Gasteiger partial charge in [0, 0.05) is 36.7 Å². The van der Waals surface area contributed by atoms with Gasteiger partial charge < -0.3 is 0 Å². The zero-order valence-electron chi connectivity index (χ0n) is 18.9. The molecule has 1 heteroatoms. The van der Waals surface area contributed by atoms with E-state index in [1.54, 1.807) is 27.8 Å². The van der Waals surface area contributed by atoms with Crippen molar-refractivity contribution in [3.05, 3.63) is 62.8 Å². The molecule has 148 valence electrons. The first-order valence-electron chi connectivity index (χ1n) is 10.9. The topological polar surface area (TPSA) is 0 Å². The minimum atomic E-state index is 0. The largest absolute Gasteiger partial charge is 0.0721 e. The maximum atomic E-state index is 2.60. The predicted molar refractivity (Wildman–Crippen MR) is 118 cm³/mol. The van der Waals surface area contributed by atoms with E-state index >= 15 is 0 Å². The summed E-state index contributed by atoms with van der Waals surface area (Å²) in [5.74, 6) is 0.665. The molecule has 4 rings (SSSR count). The maximum Gasteiger partial charge on any atom is 0.0275 e. The first kappa shape index (κ1) is 22.0. The van der Waals surface area contributed by atoms with Crippen LogP contribution in [0.2, 0.25) is 0 Å². The molecule has 3 aliphatic carbocycles. The van der Waals surface area contributed by atoms with E-state index < -0.39 is 0 Å². The van der Waals surface area contributed by atoms with E-state index in [1.807, 2.05) is 0 Å². The molecule has 3 aliphatic rings. The van der Waals surface area contributed by atoms with Crippen molar-refractivity contribution in [2.24, 2.45) is 11.3 Å². The van der Waals surface area contributed by atoms with Crippen molar-refractivity contribution in [1.29, 1.82) is 0 Å². The van der Waals surface area contributed by atoms with Crippen molar-refractivity contribution in [3.8, 4) is 0 Å². The minimum Gasteiger partial charge on any atom is -0.0721 e. The van der Waals surface area contributed by atoms with Crippen LogP contribution in [0, 0.1) is 11.3 Å². The number of fused-ring (bicyclic) bond motifs is 3. The van der Waals surface area contributed by atoms with Gasteiger partial charge >= 0.3 is 0 Å². The second-order valence-corrected chi connectivity index (χ2v) is 9.90. The summed E-state index contributed by atoms with van der Waals surface area (Å²) in [7, 11) is 0. The van der Waals surface area contributed by atoms with Crippen molar-refractivity contribution in [3.63, 3.8) is 0 Å². The number of rotatable bonds is 3. The smallest absolute Gasteiger partial charge is 0.0275 e. The third-order valence-corrected chi connectivity index (χ3v) is 8.37. The van der Waals surface area contributed by atoms with Crippen LogP contribution < -0.4 is 0 Å². The van der Waals surface area contributed by atoms with Crippen LogP contribution in [-0.4, -0.2) is 0 Å². The molecule has 0 aromatic heterocycles. The third-order valence-electron chi connectivity index (χ3n) is 8.37. The zero-order chi connectivity index (χ0) is 19.6. The van der Waals surface area contributed by atoms with Gasteiger partial charge in [0.2, 0.25) is 0 Å². The van der Waals surface area contributed by atoms with Gasteiger partial charge in [-0.2, -0.15) is 0 Å². The van der Waals surface area contributed by atoms with Gasteiger partial charge in [-0.3, -0.25) is 0 Å². The Morgan fingerprint density at radius 3 is 2.14 bits per heavy atom. The van der Waals surface area contributed by atoms with Crippen molar-refractivity contribution >= 4 is 6.08 Å². The Kier molecular flexibility index (Phi) is 5.92. The number of benzene rings is 1. The number of aryl methyl sites for hydroxylation is 1. The average molecular weight is 539 g/mol. The van der Waals surface area contributed by atoms with Gasteiger partial charge in [0.15, 0.2) is 0 Å². The molecule has 0 N–H and O–H groups in total. The molecule has 0 nitrogen and oxygen atoms in total. The average Bonchev–Trinajstić information content (AvgIpc) is 3.10. The van der Waals surface area contributed by atoms with Crippen LogP contribution in [0.4, 0.5) is 0 Å². The molecule has 0 fully saturated rings. The van der Waals surface area contributed by atoms with Crippen molar-refractivity contribution in [1.82, 2.24) is 0 Å². The fourth-order valence-electron chi connectivity index (χ4n) is 6.52. The van der Waals surface area contributed by atoms with Crippen LogP contribution in [0.1, 0.15) is 90.0 Å². The molecular weight excluding hydrogens is 503 g/mol. The standard InChI is InChI=1S/C27H36.Hf/c1-17(2)16-27(26(7)20(5)18(3)19(4)21(26)6)15-14-23-13-12-22-10-8-9-11-24(22)25(23)27;/h12-15,17H,8-11,16H2,1-7H3;. The van der Waals surface area contributed by atoms with Crippen LogP contribution in [0.3, 0.4) is 0 Å². The second-order valence-electron chi connectivity index (χ2n) is 9.90. The Bertz CT molecular complexity index is 869. The first-order chi connectivity index (χ1) is 12.7. The van der Waals surface area contributed by atoms with Gasteiger partial charge in [0.05, 0.1) is 0 Å². The monoisotopic (exact) mass is 540 g/mol. The summed E-state index contributed by atoms with van der Waals surface area (Å²) < 4.78 is 0. The Labute approximate surface area is 191 Å². The Morgan fingerprint density at radius 2 is 1.54 bits per heavy atom. The summed E-state index contributed by atoms with van der Waals surface area (Å²) in [6.45, 7) is 16.8. The molecule has 1 unspecified atom stereocenters. The SMILES string of the molecule is CC1=C(C)C(C)(C2(CC(C)C)C=Cc3ccc4c(c32)CCCC4)C(C)=C1C.[Hf]. The van der Waals surface area contributed by atoms with Crippen molar-refractivity contribution < 1.29 is 25.8 Å². The van der Waals surface area contributed by atoms with E-state index in [2.05, 4.69) is 72.8 Å². The molecule has 0 radical (unpaired) electrons. The van der Waals surface area contributed by atoms with Gasteiger partial charge in [0.1, 0.15) is 0 Å². The number of hydrogen-bond acceptors (Lipinski definition) is 0. The summed E-state index contributed by atoms with van der Waals surface area (Å²) in [5, 5.41) is 0. The summed E-state index contributed by atoms with van der Waals surface area (Å²) in [6.07, 6.45) is 11.5. The third kappa shape index (κ3) is 2.78. The van der Waals surface area contributed by atoms with E-state index in [0.29, 0.717) is 5.92 Å². The first-order valence-corrected chi connectivity index (χ1v) is 10.9. The fraction of sp³-hybridized carbons (Fsp3) is 0.556. The number of allylic oxidation sites excluding steroid dienone is 5. The Hall–Kier alpha value is -0.690. The van der Waals surface area contributed by atoms with Crippen LogP contribution >= 0.6 is 0 Å². The van der Waals surface area contributed by atoms with Crippen molar-refractivity contribution in [2.75, 3.05) is 0 Å². The summed E-state index contributed by atoms with van der Waals surface area (Å²) in [4.78, 5) is 0. The molecule has 0 amide bonds. The molecule has 28 heavy (non-hydrogen) atoms. The van der Waals surface area contributed by atoms with Gasteiger partial charge in [0.25, 0.3) is 0 Å². The second kappa shape index (κ2) is 7.53. The summed E-state index contributed by atoms with van der Waals surface area (Å²) in [6, 6.07) is 4.83. The van der Waals surface area contributed by atoms with Crippen LogP contribution in [-0.2, 0) is 44.1 Å². The fourth-order valence-corrected chi connectivity index (χ4v) is 6.52. The van der Waals surface area contributed by atoms with Crippen LogP contribution in [0.15, 0.2) is 40.5 Å². The molecule has 0 spiro atoms. The predicted octanol–water partition coefficient (Wildman–Crippen LogP) is 7.57. The molecule has 1 atom stereocenters. The maximum absolute atomic E-state index is 2.60. The van der Waals surface area contributed by atoms with Crippen molar-refractivity contribution in [2.45, 2.75) is 86.0 Å². The molecule has 0 saturated carbocycles. The van der Waals surface area contributed by atoms with Crippen LogP contribution in [0.25, 0.3) is 6.08 Å². The summed E-state index contributed by atoms with van der Waals surface area (Å²) >= 11 is 0. The number of hydrogen-bond donors (Lipinski definition) is 0. The normalized spacial score (nSPS) is 25.3. The van der Waals surface area contributed by atoms with E-state index in [9.17, 15) is 0 Å². The molecule has 0 aliphatic heterocycles. The quantitative estimate of drug-likeness (QED) is 0.348. The molecule has 0 bridgehead atoms.